The first-order valence-corrected chi connectivity index (χ1v) is 6.08. The number of aromatic nitrogens is 3. The van der Waals surface area contributed by atoms with Gasteiger partial charge in [0.15, 0.2) is 4.77 Å². The lowest BCUT2D eigenvalue weighted by Crippen LogP contribution is -2.23. The highest BCUT2D eigenvalue weighted by Gasteiger charge is 2.31. The molecule has 1 unspecified atom stereocenters. The molecule has 0 amide bonds. The maximum Gasteiger partial charge on any atom is 0.225 e. The number of hydrogen-bond acceptors (Lipinski definition) is 3. The Kier molecular flexibility index (Phi) is 2.09. The van der Waals surface area contributed by atoms with Gasteiger partial charge in [0, 0.05) is 19.1 Å². The summed E-state index contributed by atoms with van der Waals surface area (Å²) in [6.45, 7) is 4.53. The summed E-state index contributed by atoms with van der Waals surface area (Å²) < 4.78 is 2.99. The van der Waals surface area contributed by atoms with Crippen molar-refractivity contribution in [3.63, 3.8) is 0 Å². The zero-order valence-electron chi connectivity index (χ0n) is 8.94. The van der Waals surface area contributed by atoms with Crippen LogP contribution in [0, 0.1) is 10.7 Å². The Hall–Kier alpha value is -0.840. The molecular weight excluding hydrogens is 208 g/mol. The Morgan fingerprint density at radius 2 is 2.20 bits per heavy atom. The van der Waals surface area contributed by atoms with E-state index in [1.807, 2.05) is 0 Å². The molecule has 1 atom stereocenters. The summed E-state index contributed by atoms with van der Waals surface area (Å²) in [4.78, 5) is 2.36. The standard InChI is InChI=1S/C10H16N4S/c1-7-4-5-13(6-7)9-11-12-10(15)14(9)8-2-3-8/h7-8H,2-6H2,1H3,(H,12,15). The summed E-state index contributed by atoms with van der Waals surface area (Å²) in [7, 11) is 0. The van der Waals surface area contributed by atoms with Gasteiger partial charge in [-0.1, -0.05) is 6.92 Å². The number of hydrogen-bond donors (Lipinski definition) is 1. The smallest absolute Gasteiger partial charge is 0.225 e. The van der Waals surface area contributed by atoms with Gasteiger partial charge in [0.2, 0.25) is 5.95 Å². The molecule has 15 heavy (non-hydrogen) atoms. The third kappa shape index (κ3) is 1.58. The quantitative estimate of drug-likeness (QED) is 0.782. The summed E-state index contributed by atoms with van der Waals surface area (Å²) in [5.41, 5.74) is 0. The van der Waals surface area contributed by atoms with Crippen LogP contribution in [-0.4, -0.2) is 27.9 Å². The number of H-pyrrole nitrogens is 1. The van der Waals surface area contributed by atoms with Crippen LogP contribution in [0.15, 0.2) is 0 Å². The van der Waals surface area contributed by atoms with Gasteiger partial charge < -0.3 is 4.90 Å². The van der Waals surface area contributed by atoms with E-state index >= 15 is 0 Å². The lowest BCUT2D eigenvalue weighted by Gasteiger charge is -2.17. The molecule has 2 heterocycles. The fourth-order valence-electron chi connectivity index (χ4n) is 2.30. The van der Waals surface area contributed by atoms with Crippen LogP contribution in [0.2, 0.25) is 0 Å². The van der Waals surface area contributed by atoms with Crippen LogP contribution >= 0.6 is 12.2 Å². The zero-order valence-corrected chi connectivity index (χ0v) is 9.76. The third-order valence-corrected chi connectivity index (χ3v) is 3.59. The predicted molar refractivity (Wildman–Crippen MR) is 61.7 cm³/mol. The molecule has 5 heteroatoms. The van der Waals surface area contributed by atoms with Crippen molar-refractivity contribution in [2.75, 3.05) is 18.0 Å². The molecule has 0 radical (unpaired) electrons. The van der Waals surface area contributed by atoms with Gasteiger partial charge >= 0.3 is 0 Å². The van der Waals surface area contributed by atoms with Crippen LogP contribution in [0.1, 0.15) is 32.2 Å². The predicted octanol–water partition coefficient (Wildman–Crippen LogP) is 2.12. The molecular formula is C10H16N4S. The highest BCUT2D eigenvalue weighted by molar-refractivity contribution is 7.71. The Morgan fingerprint density at radius 1 is 1.40 bits per heavy atom. The monoisotopic (exact) mass is 224 g/mol. The minimum atomic E-state index is 0.613. The van der Waals surface area contributed by atoms with E-state index in [4.69, 9.17) is 12.2 Å². The van der Waals surface area contributed by atoms with Crippen LogP contribution < -0.4 is 4.90 Å². The summed E-state index contributed by atoms with van der Waals surface area (Å²) in [5, 5.41) is 7.29. The topological polar surface area (TPSA) is 36.9 Å². The van der Waals surface area contributed by atoms with Gasteiger partial charge in [-0.15, -0.1) is 5.10 Å². The van der Waals surface area contributed by atoms with Gasteiger partial charge in [-0.2, -0.15) is 0 Å². The molecule has 0 bridgehead atoms. The fraction of sp³-hybridized carbons (Fsp3) is 0.800. The Morgan fingerprint density at radius 3 is 2.80 bits per heavy atom. The molecule has 2 aliphatic rings. The first kappa shape index (κ1) is 9.39. The summed E-state index contributed by atoms with van der Waals surface area (Å²) in [6.07, 6.45) is 3.78. The molecule has 1 saturated heterocycles. The first-order chi connectivity index (χ1) is 7.25. The molecule has 1 aromatic rings. The van der Waals surface area contributed by atoms with Crippen molar-refractivity contribution in [1.29, 1.82) is 0 Å². The molecule has 3 rings (SSSR count). The van der Waals surface area contributed by atoms with E-state index in [9.17, 15) is 0 Å². The molecule has 2 fully saturated rings. The minimum Gasteiger partial charge on any atom is -0.341 e. The first-order valence-electron chi connectivity index (χ1n) is 5.67. The van der Waals surface area contributed by atoms with E-state index in [1.165, 1.54) is 19.3 Å². The summed E-state index contributed by atoms with van der Waals surface area (Å²) in [6, 6.07) is 0.613. The number of nitrogens with one attached hydrogen (secondary N) is 1. The Balaban J connectivity index is 1.94. The normalized spacial score (nSPS) is 26.2. The molecule has 0 spiro atoms. The second-order valence-electron chi connectivity index (χ2n) is 4.77. The average molecular weight is 224 g/mol. The molecule has 4 nitrogen and oxygen atoms in total. The van der Waals surface area contributed by atoms with E-state index in [0.717, 1.165) is 29.7 Å². The van der Waals surface area contributed by atoms with E-state index < -0.39 is 0 Å². The van der Waals surface area contributed by atoms with E-state index in [1.54, 1.807) is 0 Å². The fourth-order valence-corrected chi connectivity index (χ4v) is 2.57. The lowest BCUT2D eigenvalue weighted by atomic mass is 10.2. The zero-order chi connectivity index (χ0) is 10.4. The number of anilines is 1. The van der Waals surface area contributed by atoms with Crippen LogP contribution in [0.3, 0.4) is 0 Å². The molecule has 1 aliphatic carbocycles. The van der Waals surface area contributed by atoms with E-state index in [0.29, 0.717) is 6.04 Å². The minimum absolute atomic E-state index is 0.613. The van der Waals surface area contributed by atoms with Crippen molar-refractivity contribution >= 4 is 18.2 Å². The summed E-state index contributed by atoms with van der Waals surface area (Å²) in [5.74, 6) is 1.84. The highest BCUT2D eigenvalue weighted by atomic mass is 32.1. The van der Waals surface area contributed by atoms with E-state index in [-0.39, 0.29) is 0 Å². The number of nitrogens with zero attached hydrogens (tertiary/aromatic N) is 3. The van der Waals surface area contributed by atoms with Crippen molar-refractivity contribution in [3.8, 4) is 0 Å². The second-order valence-corrected chi connectivity index (χ2v) is 5.16. The van der Waals surface area contributed by atoms with Crippen molar-refractivity contribution in [1.82, 2.24) is 14.8 Å². The maximum atomic E-state index is 5.27. The number of rotatable bonds is 2. The van der Waals surface area contributed by atoms with Gasteiger partial charge in [-0.3, -0.25) is 4.57 Å². The van der Waals surface area contributed by atoms with Crippen molar-refractivity contribution in [2.24, 2.45) is 5.92 Å². The van der Waals surface area contributed by atoms with Crippen LogP contribution in [0.25, 0.3) is 0 Å². The van der Waals surface area contributed by atoms with Gasteiger partial charge in [-0.25, -0.2) is 5.10 Å². The molecule has 1 aliphatic heterocycles. The molecule has 1 aromatic heterocycles. The largest absolute Gasteiger partial charge is 0.341 e. The third-order valence-electron chi connectivity index (χ3n) is 3.30. The molecule has 1 saturated carbocycles. The van der Waals surface area contributed by atoms with E-state index in [2.05, 4.69) is 26.6 Å². The second kappa shape index (κ2) is 3.33. The van der Waals surface area contributed by atoms with Crippen LogP contribution in [0.5, 0.6) is 0 Å². The summed E-state index contributed by atoms with van der Waals surface area (Å²) >= 11 is 5.27. The Labute approximate surface area is 94.3 Å². The van der Waals surface area contributed by atoms with Crippen LogP contribution in [-0.2, 0) is 0 Å². The maximum absolute atomic E-state index is 5.27. The molecule has 0 aromatic carbocycles. The van der Waals surface area contributed by atoms with Crippen molar-refractivity contribution < 1.29 is 0 Å². The van der Waals surface area contributed by atoms with Gasteiger partial charge in [-0.05, 0) is 37.4 Å². The van der Waals surface area contributed by atoms with Gasteiger partial charge in [0.25, 0.3) is 0 Å². The van der Waals surface area contributed by atoms with Crippen molar-refractivity contribution in [2.45, 2.75) is 32.2 Å². The molecule has 1 N–H and O–H groups in total. The van der Waals surface area contributed by atoms with Crippen molar-refractivity contribution in [3.05, 3.63) is 4.77 Å². The highest BCUT2D eigenvalue weighted by Crippen LogP contribution is 2.38. The average Bonchev–Trinajstić information content (AvgIpc) is 2.84. The SMILES string of the molecule is CC1CCN(c2n[nH]c(=S)n2C2CC2)C1. The molecule has 82 valence electrons. The lowest BCUT2D eigenvalue weighted by molar-refractivity contribution is 0.652. The Bertz CT molecular complexity index is 417. The van der Waals surface area contributed by atoms with Crippen LogP contribution in [0.4, 0.5) is 5.95 Å². The number of aromatic amines is 1. The van der Waals surface area contributed by atoms with Gasteiger partial charge in [0.1, 0.15) is 0 Å². The van der Waals surface area contributed by atoms with Gasteiger partial charge in [0.05, 0.1) is 0 Å².